The minimum atomic E-state index is -0.309. The van der Waals surface area contributed by atoms with E-state index in [4.69, 9.17) is 0 Å². The first-order valence-corrected chi connectivity index (χ1v) is 5.21. The first-order chi connectivity index (χ1) is 6.73. The summed E-state index contributed by atoms with van der Waals surface area (Å²) in [6.07, 6.45) is 3.68. The topological polar surface area (TPSA) is 39.1 Å². The van der Waals surface area contributed by atoms with Gasteiger partial charge < -0.3 is 5.32 Å². The van der Waals surface area contributed by atoms with E-state index in [9.17, 15) is 5.26 Å². The van der Waals surface area contributed by atoms with E-state index in [-0.39, 0.29) is 5.54 Å². The Hall–Kier alpha value is -0.850. The highest BCUT2D eigenvalue weighted by atomic mass is 15.2. The third kappa shape index (κ3) is 2.57. The summed E-state index contributed by atoms with van der Waals surface area (Å²) in [4.78, 5) is 2.27. The van der Waals surface area contributed by atoms with Crippen LogP contribution in [0, 0.1) is 11.3 Å². The van der Waals surface area contributed by atoms with Crippen LogP contribution in [0.4, 0.5) is 0 Å². The number of allylic oxidation sites excluding steroid dienone is 1. The Morgan fingerprint density at radius 1 is 1.57 bits per heavy atom. The molecule has 1 atom stereocenters. The van der Waals surface area contributed by atoms with Gasteiger partial charge in [0.2, 0.25) is 0 Å². The summed E-state index contributed by atoms with van der Waals surface area (Å²) in [6, 6.07) is 2.43. The molecule has 3 heteroatoms. The molecule has 14 heavy (non-hydrogen) atoms. The second-order valence-electron chi connectivity index (χ2n) is 3.95. The Labute approximate surface area is 86.4 Å². The fourth-order valence-corrected chi connectivity index (χ4v) is 1.83. The molecule has 1 rings (SSSR count). The largest absolute Gasteiger partial charge is 0.314 e. The van der Waals surface area contributed by atoms with Crippen molar-refractivity contribution in [2.75, 3.05) is 26.2 Å². The molecule has 1 N–H and O–H groups in total. The second kappa shape index (κ2) is 5.14. The van der Waals surface area contributed by atoms with Crippen molar-refractivity contribution in [1.82, 2.24) is 10.2 Å². The van der Waals surface area contributed by atoms with Crippen LogP contribution in [0.5, 0.6) is 0 Å². The molecule has 0 aromatic carbocycles. The third-order valence-corrected chi connectivity index (χ3v) is 2.89. The highest BCUT2D eigenvalue weighted by Crippen LogP contribution is 2.21. The fraction of sp³-hybridized carbons (Fsp3) is 0.727. The summed E-state index contributed by atoms with van der Waals surface area (Å²) in [6.45, 7) is 9.66. The molecular weight excluding hydrogens is 174 g/mol. The van der Waals surface area contributed by atoms with Crippen molar-refractivity contribution < 1.29 is 0 Å². The van der Waals surface area contributed by atoms with Crippen LogP contribution in [-0.4, -0.2) is 36.6 Å². The van der Waals surface area contributed by atoms with Crippen LogP contribution >= 0.6 is 0 Å². The lowest BCUT2D eigenvalue weighted by molar-refractivity contribution is 0.126. The predicted octanol–water partition coefficient (Wildman–Crippen LogP) is 1.14. The van der Waals surface area contributed by atoms with Crippen molar-refractivity contribution in [3.05, 3.63) is 12.7 Å². The number of nitriles is 1. The van der Waals surface area contributed by atoms with Crippen molar-refractivity contribution in [1.29, 1.82) is 5.26 Å². The molecule has 0 aromatic heterocycles. The minimum Gasteiger partial charge on any atom is -0.314 e. The molecule has 0 aliphatic carbocycles. The quantitative estimate of drug-likeness (QED) is 0.680. The molecular formula is C11H19N3. The zero-order chi connectivity index (χ0) is 10.4. The monoisotopic (exact) mass is 193 g/mol. The maximum Gasteiger partial charge on any atom is 0.106 e. The molecule has 78 valence electrons. The van der Waals surface area contributed by atoms with Gasteiger partial charge >= 0.3 is 0 Å². The summed E-state index contributed by atoms with van der Waals surface area (Å²) >= 11 is 0. The standard InChI is InChI=1S/C11H19N3/c1-3-4-5-11(2,10-12)14-8-6-13-7-9-14/h3,13H,1,4-9H2,2H3. The lowest BCUT2D eigenvalue weighted by atomic mass is 9.94. The van der Waals surface area contributed by atoms with E-state index in [1.165, 1.54) is 0 Å². The maximum atomic E-state index is 9.22. The minimum absolute atomic E-state index is 0.309. The van der Waals surface area contributed by atoms with Gasteiger partial charge in [-0.1, -0.05) is 6.08 Å². The van der Waals surface area contributed by atoms with Gasteiger partial charge in [0, 0.05) is 26.2 Å². The molecule has 1 aliphatic heterocycles. The summed E-state index contributed by atoms with van der Waals surface area (Å²) in [5, 5.41) is 12.5. The van der Waals surface area contributed by atoms with E-state index in [0.29, 0.717) is 0 Å². The number of piperazine rings is 1. The molecule has 0 radical (unpaired) electrons. The highest BCUT2D eigenvalue weighted by Gasteiger charge is 2.31. The molecule has 0 aromatic rings. The van der Waals surface area contributed by atoms with Crippen LogP contribution in [0.2, 0.25) is 0 Å². The normalized spacial score (nSPS) is 22.3. The summed E-state index contributed by atoms with van der Waals surface area (Å²) in [5.74, 6) is 0. The zero-order valence-electron chi connectivity index (χ0n) is 8.92. The van der Waals surface area contributed by atoms with E-state index in [2.05, 4.69) is 22.9 Å². The molecule has 0 saturated carbocycles. The summed E-state index contributed by atoms with van der Waals surface area (Å²) in [5.41, 5.74) is -0.309. The van der Waals surface area contributed by atoms with Crippen molar-refractivity contribution in [2.45, 2.75) is 25.3 Å². The number of hydrogen-bond donors (Lipinski definition) is 1. The number of nitrogens with one attached hydrogen (secondary N) is 1. The van der Waals surface area contributed by atoms with Crippen LogP contribution in [0.1, 0.15) is 19.8 Å². The number of nitrogens with zero attached hydrogens (tertiary/aromatic N) is 2. The first-order valence-electron chi connectivity index (χ1n) is 5.21. The zero-order valence-corrected chi connectivity index (χ0v) is 8.92. The fourth-order valence-electron chi connectivity index (χ4n) is 1.83. The Morgan fingerprint density at radius 2 is 2.21 bits per heavy atom. The van der Waals surface area contributed by atoms with Gasteiger partial charge in [-0.05, 0) is 19.8 Å². The van der Waals surface area contributed by atoms with Crippen molar-refractivity contribution >= 4 is 0 Å². The molecule has 1 heterocycles. The molecule has 1 saturated heterocycles. The summed E-state index contributed by atoms with van der Waals surface area (Å²) < 4.78 is 0. The first kappa shape index (κ1) is 11.2. The molecule has 1 unspecified atom stereocenters. The van der Waals surface area contributed by atoms with Crippen LogP contribution in [0.25, 0.3) is 0 Å². The number of hydrogen-bond acceptors (Lipinski definition) is 3. The van der Waals surface area contributed by atoms with Gasteiger partial charge in [-0.15, -0.1) is 6.58 Å². The Kier molecular flexibility index (Phi) is 4.12. The van der Waals surface area contributed by atoms with E-state index >= 15 is 0 Å². The van der Waals surface area contributed by atoms with E-state index in [1.807, 2.05) is 13.0 Å². The van der Waals surface area contributed by atoms with Crippen LogP contribution in [0.3, 0.4) is 0 Å². The van der Waals surface area contributed by atoms with Gasteiger partial charge in [-0.2, -0.15) is 5.26 Å². The predicted molar refractivity (Wildman–Crippen MR) is 57.9 cm³/mol. The third-order valence-electron chi connectivity index (χ3n) is 2.89. The Bertz CT molecular complexity index is 225. The lowest BCUT2D eigenvalue weighted by Crippen LogP contribution is -2.54. The van der Waals surface area contributed by atoms with Crippen molar-refractivity contribution in [2.24, 2.45) is 0 Å². The van der Waals surface area contributed by atoms with E-state index in [0.717, 1.165) is 39.0 Å². The lowest BCUT2D eigenvalue weighted by Gasteiger charge is -2.38. The molecule has 0 bridgehead atoms. The number of rotatable bonds is 4. The Morgan fingerprint density at radius 3 is 2.71 bits per heavy atom. The van der Waals surface area contributed by atoms with Crippen LogP contribution in [-0.2, 0) is 0 Å². The molecule has 0 amide bonds. The maximum absolute atomic E-state index is 9.22. The average molecular weight is 193 g/mol. The van der Waals surface area contributed by atoms with Crippen LogP contribution < -0.4 is 5.32 Å². The summed E-state index contributed by atoms with van der Waals surface area (Å²) in [7, 11) is 0. The van der Waals surface area contributed by atoms with E-state index in [1.54, 1.807) is 0 Å². The SMILES string of the molecule is C=CCCC(C)(C#N)N1CCNCC1. The molecule has 1 fully saturated rings. The van der Waals surface area contributed by atoms with Gasteiger partial charge in [0.1, 0.15) is 5.54 Å². The van der Waals surface area contributed by atoms with Crippen molar-refractivity contribution in [3.8, 4) is 6.07 Å². The van der Waals surface area contributed by atoms with Crippen LogP contribution in [0.15, 0.2) is 12.7 Å². The molecule has 1 aliphatic rings. The Balaban J connectivity index is 2.57. The van der Waals surface area contributed by atoms with Gasteiger partial charge in [-0.25, -0.2) is 0 Å². The molecule has 0 spiro atoms. The van der Waals surface area contributed by atoms with Crippen molar-refractivity contribution in [3.63, 3.8) is 0 Å². The van der Waals surface area contributed by atoms with E-state index < -0.39 is 0 Å². The van der Waals surface area contributed by atoms with Gasteiger partial charge in [0.15, 0.2) is 0 Å². The molecule has 3 nitrogen and oxygen atoms in total. The smallest absolute Gasteiger partial charge is 0.106 e. The van der Waals surface area contributed by atoms with Gasteiger partial charge in [0.25, 0.3) is 0 Å². The van der Waals surface area contributed by atoms with Gasteiger partial charge in [0.05, 0.1) is 6.07 Å². The highest BCUT2D eigenvalue weighted by molar-refractivity contribution is 5.06. The van der Waals surface area contributed by atoms with Gasteiger partial charge in [-0.3, -0.25) is 4.90 Å². The average Bonchev–Trinajstić information content (AvgIpc) is 2.27. The second-order valence-corrected chi connectivity index (χ2v) is 3.95.